The van der Waals surface area contributed by atoms with E-state index in [1.54, 1.807) is 0 Å². The Hall–Kier alpha value is -1.48. The largest absolute Gasteiger partial charge is 0.396 e. The summed E-state index contributed by atoms with van der Waals surface area (Å²) in [6, 6.07) is 4.09. The second-order valence-corrected chi connectivity index (χ2v) is 5.84. The van der Waals surface area contributed by atoms with Gasteiger partial charge in [0.15, 0.2) is 5.16 Å². The standard InChI is InChI=1S/C10H7N5S3/c1-16-8-6-7(13)5(4-12)18-9(6)15-10(14-8)17-3-2-11/h3,13H2,1H3. The van der Waals surface area contributed by atoms with Gasteiger partial charge in [-0.3, -0.25) is 0 Å². The van der Waals surface area contributed by atoms with Crippen LogP contribution in [-0.4, -0.2) is 22.0 Å². The summed E-state index contributed by atoms with van der Waals surface area (Å²) in [5.41, 5.74) is 6.35. The summed E-state index contributed by atoms with van der Waals surface area (Å²) in [7, 11) is 0. The molecule has 2 aromatic heterocycles. The molecule has 0 aromatic carbocycles. The number of hydrogen-bond donors (Lipinski definition) is 1. The molecule has 0 spiro atoms. The minimum atomic E-state index is 0.297. The van der Waals surface area contributed by atoms with Crippen LogP contribution < -0.4 is 5.73 Å². The third-order valence-corrected chi connectivity index (χ3v) is 4.50. The van der Waals surface area contributed by atoms with Gasteiger partial charge in [0.05, 0.1) is 22.9 Å². The number of rotatable bonds is 3. The fourth-order valence-corrected chi connectivity index (χ4v) is 3.53. The van der Waals surface area contributed by atoms with Crippen LogP contribution in [0.25, 0.3) is 10.2 Å². The van der Waals surface area contributed by atoms with E-state index >= 15 is 0 Å². The number of hydrogen-bond acceptors (Lipinski definition) is 8. The Kier molecular flexibility index (Phi) is 3.92. The van der Waals surface area contributed by atoms with Crippen molar-refractivity contribution in [3.63, 3.8) is 0 Å². The van der Waals surface area contributed by atoms with Crippen molar-refractivity contribution in [1.29, 1.82) is 10.5 Å². The van der Waals surface area contributed by atoms with Crippen LogP contribution >= 0.6 is 34.9 Å². The molecule has 0 saturated carbocycles. The Bertz CT molecular complexity index is 679. The van der Waals surface area contributed by atoms with Crippen LogP contribution in [0.5, 0.6) is 0 Å². The summed E-state index contributed by atoms with van der Waals surface area (Å²) in [6.07, 6.45) is 1.89. The van der Waals surface area contributed by atoms with Crippen molar-refractivity contribution in [2.24, 2.45) is 0 Å². The first-order valence-electron chi connectivity index (χ1n) is 4.75. The summed E-state index contributed by atoms with van der Waals surface area (Å²) < 4.78 is 0. The maximum absolute atomic E-state index is 8.97. The van der Waals surface area contributed by atoms with E-state index in [-0.39, 0.29) is 0 Å². The van der Waals surface area contributed by atoms with Crippen molar-refractivity contribution < 1.29 is 0 Å². The van der Waals surface area contributed by atoms with Crippen molar-refractivity contribution in [3.05, 3.63) is 4.88 Å². The number of nitrogens with two attached hydrogens (primary N) is 1. The van der Waals surface area contributed by atoms with Gasteiger partial charge in [0.1, 0.15) is 20.8 Å². The van der Waals surface area contributed by atoms with Gasteiger partial charge in [-0.15, -0.1) is 23.1 Å². The van der Waals surface area contributed by atoms with Crippen molar-refractivity contribution in [1.82, 2.24) is 9.97 Å². The molecule has 0 aliphatic carbocycles. The van der Waals surface area contributed by atoms with Crippen LogP contribution in [0, 0.1) is 22.7 Å². The van der Waals surface area contributed by atoms with Gasteiger partial charge in [-0.2, -0.15) is 10.5 Å². The second kappa shape index (κ2) is 5.44. The molecule has 0 amide bonds. The molecular weight excluding hydrogens is 286 g/mol. The lowest BCUT2D eigenvalue weighted by Gasteiger charge is -2.02. The van der Waals surface area contributed by atoms with Crippen molar-refractivity contribution in [2.75, 3.05) is 17.7 Å². The molecule has 90 valence electrons. The van der Waals surface area contributed by atoms with Gasteiger partial charge in [0.25, 0.3) is 0 Å². The Balaban J connectivity index is 2.63. The van der Waals surface area contributed by atoms with Gasteiger partial charge < -0.3 is 5.73 Å². The zero-order valence-corrected chi connectivity index (χ0v) is 11.7. The summed E-state index contributed by atoms with van der Waals surface area (Å²) in [6.45, 7) is 0. The molecule has 0 saturated heterocycles. The molecule has 18 heavy (non-hydrogen) atoms. The number of anilines is 1. The number of aromatic nitrogens is 2. The maximum atomic E-state index is 8.97. The van der Waals surface area contributed by atoms with Crippen LogP contribution in [-0.2, 0) is 0 Å². The Labute approximate surface area is 116 Å². The molecule has 2 aromatic rings. The molecule has 8 heteroatoms. The summed E-state index contributed by atoms with van der Waals surface area (Å²) >= 11 is 3.98. The van der Waals surface area contributed by atoms with E-state index < -0.39 is 0 Å². The van der Waals surface area contributed by atoms with Gasteiger partial charge in [0.2, 0.25) is 0 Å². The molecule has 0 fully saturated rings. The summed E-state index contributed by atoms with van der Waals surface area (Å²) in [5.74, 6) is 0.297. The maximum Gasteiger partial charge on any atom is 0.191 e. The number of nitrogen functional groups attached to an aromatic ring is 1. The minimum Gasteiger partial charge on any atom is -0.396 e. The molecule has 5 nitrogen and oxygen atoms in total. The highest BCUT2D eigenvalue weighted by Crippen LogP contribution is 2.37. The van der Waals surface area contributed by atoms with E-state index in [1.807, 2.05) is 12.3 Å². The predicted octanol–water partition coefficient (Wildman–Crippen LogP) is 2.48. The molecule has 0 unspecified atom stereocenters. The van der Waals surface area contributed by atoms with Crippen LogP contribution in [0.3, 0.4) is 0 Å². The van der Waals surface area contributed by atoms with Gasteiger partial charge >= 0.3 is 0 Å². The second-order valence-electron chi connectivity index (χ2n) is 3.10. The van der Waals surface area contributed by atoms with Gasteiger partial charge in [-0.1, -0.05) is 11.8 Å². The Morgan fingerprint density at radius 3 is 2.78 bits per heavy atom. The van der Waals surface area contributed by atoms with E-state index in [0.29, 0.717) is 26.3 Å². The SMILES string of the molecule is CSc1nc(SCC#N)nc2sc(C#N)c(N)c12. The molecule has 0 bridgehead atoms. The average Bonchev–Trinajstić information content (AvgIpc) is 2.72. The average molecular weight is 293 g/mol. The first kappa shape index (κ1) is 13.0. The van der Waals surface area contributed by atoms with Crippen LogP contribution in [0.4, 0.5) is 5.69 Å². The third-order valence-electron chi connectivity index (χ3n) is 2.10. The van der Waals surface area contributed by atoms with Crippen LogP contribution in [0.1, 0.15) is 4.88 Å². The van der Waals surface area contributed by atoms with Gasteiger partial charge in [0, 0.05) is 0 Å². The quantitative estimate of drug-likeness (QED) is 0.527. The zero-order chi connectivity index (χ0) is 13.1. The normalized spacial score (nSPS) is 10.2. The molecule has 0 atom stereocenters. The zero-order valence-electron chi connectivity index (χ0n) is 9.30. The molecular formula is C10H7N5S3. The molecule has 0 aliphatic rings. The van der Waals surface area contributed by atoms with E-state index in [1.165, 1.54) is 34.9 Å². The van der Waals surface area contributed by atoms with E-state index in [9.17, 15) is 0 Å². The highest BCUT2D eigenvalue weighted by molar-refractivity contribution is 7.99. The van der Waals surface area contributed by atoms with E-state index in [4.69, 9.17) is 16.3 Å². The number of thiophene rings is 1. The summed E-state index contributed by atoms with van der Waals surface area (Å²) in [5, 5.41) is 19.6. The van der Waals surface area contributed by atoms with Crippen LogP contribution in [0.15, 0.2) is 10.2 Å². The molecule has 0 aliphatic heterocycles. The molecule has 2 N–H and O–H groups in total. The first-order valence-corrected chi connectivity index (χ1v) is 7.77. The fraction of sp³-hybridized carbons (Fsp3) is 0.200. The van der Waals surface area contributed by atoms with E-state index in [2.05, 4.69) is 16.0 Å². The first-order chi connectivity index (χ1) is 8.71. The van der Waals surface area contributed by atoms with E-state index in [0.717, 1.165) is 10.4 Å². The molecule has 2 rings (SSSR count). The van der Waals surface area contributed by atoms with Crippen molar-refractivity contribution in [3.8, 4) is 12.1 Å². The van der Waals surface area contributed by atoms with Gasteiger partial charge in [-0.05, 0) is 6.26 Å². The van der Waals surface area contributed by atoms with Crippen LogP contribution in [0.2, 0.25) is 0 Å². The minimum absolute atomic E-state index is 0.297. The van der Waals surface area contributed by atoms with Crippen molar-refractivity contribution in [2.45, 2.75) is 10.2 Å². The number of fused-ring (bicyclic) bond motifs is 1. The molecule has 2 heterocycles. The smallest absolute Gasteiger partial charge is 0.191 e. The fourth-order valence-electron chi connectivity index (χ4n) is 1.36. The Morgan fingerprint density at radius 2 is 2.17 bits per heavy atom. The van der Waals surface area contributed by atoms with Crippen molar-refractivity contribution >= 4 is 50.8 Å². The lowest BCUT2D eigenvalue weighted by atomic mass is 10.3. The Morgan fingerprint density at radius 1 is 1.39 bits per heavy atom. The summed E-state index contributed by atoms with van der Waals surface area (Å²) in [4.78, 5) is 9.83. The van der Waals surface area contributed by atoms with Gasteiger partial charge in [-0.25, -0.2) is 9.97 Å². The highest BCUT2D eigenvalue weighted by atomic mass is 32.2. The number of nitrogens with zero attached hydrogens (tertiary/aromatic N) is 4. The number of nitriles is 2. The lowest BCUT2D eigenvalue weighted by Crippen LogP contribution is -1.93. The monoisotopic (exact) mass is 293 g/mol. The highest BCUT2D eigenvalue weighted by Gasteiger charge is 2.16. The topological polar surface area (TPSA) is 99.4 Å². The predicted molar refractivity (Wildman–Crippen MR) is 74.7 cm³/mol. The molecule has 0 radical (unpaired) electrons. The lowest BCUT2D eigenvalue weighted by molar-refractivity contribution is 0.940. The number of thioether (sulfide) groups is 2. The third kappa shape index (κ3) is 2.23.